The van der Waals surface area contributed by atoms with E-state index >= 15 is 0 Å². The SMILES string of the molecule is CO/N=C1/C=C2CCC3C(C(O[Si](C)(C)C)CC4(C)C3CCC4(O[Si](C)(C)C)/C(COP(=O)(O[Si](C)(C)C)O[Si](C)(C)C)=N/OC)C2(C)CC1. The van der Waals surface area contributed by atoms with Crippen LogP contribution in [0.4, 0.5) is 0 Å². The molecule has 0 aromatic carbocycles. The molecule has 0 aromatic rings. The smallest absolute Gasteiger partial charge is 0.414 e. The van der Waals surface area contributed by atoms with Crippen LogP contribution in [0.1, 0.15) is 58.8 Å². The standard InChI is InChI=1S/C35H69N2O8PSi4/c1-33-21-19-27(36-39-3)23-26(33)17-18-28-29-20-22-35(43-48(8,9)10,34(29,2)24-30(32(28)33)42-47(5,6)7)31(37-40-4)25-41-46(38,44-49(11,12)13)45-50(14,15)16/h23,28-30,32H,17-22,24-25H2,1-16H3/b36-27+,37-31+. The first-order valence-corrected chi connectivity index (χ1v) is 33.7. The molecule has 4 rings (SSSR count). The maximum atomic E-state index is 14.4. The maximum absolute atomic E-state index is 14.4. The van der Waals surface area contributed by atoms with Crippen molar-refractivity contribution in [3.63, 3.8) is 0 Å². The highest BCUT2D eigenvalue weighted by Crippen LogP contribution is 2.69. The lowest BCUT2D eigenvalue weighted by Gasteiger charge is -2.63. The summed E-state index contributed by atoms with van der Waals surface area (Å²) in [6.07, 6.45) is 9.08. The summed E-state index contributed by atoms with van der Waals surface area (Å²) in [5.41, 5.74) is 2.06. The molecule has 288 valence electrons. The number of allylic oxidation sites excluding steroid dienone is 2. The molecular weight excluding hydrogens is 720 g/mol. The Hall–Kier alpha value is -0.422. The van der Waals surface area contributed by atoms with Crippen LogP contribution in [-0.4, -0.2) is 77.2 Å². The Morgan fingerprint density at radius 3 is 1.98 bits per heavy atom. The predicted molar refractivity (Wildman–Crippen MR) is 214 cm³/mol. The van der Waals surface area contributed by atoms with E-state index in [0.29, 0.717) is 23.5 Å². The Morgan fingerprint density at radius 1 is 0.840 bits per heavy atom. The van der Waals surface area contributed by atoms with E-state index in [1.807, 2.05) is 39.3 Å². The van der Waals surface area contributed by atoms with E-state index in [2.05, 4.69) is 64.4 Å². The molecule has 3 fully saturated rings. The normalized spacial score (nSPS) is 34.9. The van der Waals surface area contributed by atoms with Gasteiger partial charge in [-0.1, -0.05) is 29.7 Å². The van der Waals surface area contributed by atoms with E-state index < -0.39 is 46.7 Å². The molecule has 0 amide bonds. The van der Waals surface area contributed by atoms with E-state index in [-0.39, 0.29) is 23.5 Å². The minimum Gasteiger partial charge on any atom is -0.414 e. The van der Waals surface area contributed by atoms with Crippen molar-refractivity contribution in [1.29, 1.82) is 0 Å². The largest absolute Gasteiger partial charge is 0.455 e. The summed E-state index contributed by atoms with van der Waals surface area (Å²) >= 11 is 0. The number of nitrogens with zero attached hydrogens (tertiary/aromatic N) is 2. The number of phosphoric acid groups is 1. The van der Waals surface area contributed by atoms with Gasteiger partial charge in [-0.3, -0.25) is 4.52 Å². The molecule has 0 heterocycles. The number of hydrogen-bond acceptors (Lipinski definition) is 10. The van der Waals surface area contributed by atoms with Crippen LogP contribution in [-0.2, 0) is 36.0 Å². The van der Waals surface area contributed by atoms with Crippen LogP contribution in [0, 0.1) is 28.6 Å². The van der Waals surface area contributed by atoms with Gasteiger partial charge in [0.05, 0.1) is 5.71 Å². The highest BCUT2D eigenvalue weighted by atomic mass is 31.2. The first-order valence-electron chi connectivity index (χ1n) is 18.7. The van der Waals surface area contributed by atoms with Crippen LogP contribution < -0.4 is 0 Å². The van der Waals surface area contributed by atoms with Gasteiger partial charge in [0.1, 0.15) is 32.1 Å². The molecule has 50 heavy (non-hydrogen) atoms. The van der Waals surface area contributed by atoms with E-state index in [9.17, 15) is 4.57 Å². The van der Waals surface area contributed by atoms with Gasteiger partial charge in [0, 0.05) is 11.5 Å². The number of fused-ring (bicyclic) bond motifs is 5. The van der Waals surface area contributed by atoms with Gasteiger partial charge in [-0.15, -0.1) is 0 Å². The first kappa shape index (κ1) is 42.3. The van der Waals surface area contributed by atoms with Crippen molar-refractivity contribution in [3.05, 3.63) is 11.6 Å². The minimum absolute atomic E-state index is 0.0216. The van der Waals surface area contributed by atoms with Gasteiger partial charge in [-0.25, -0.2) is 4.57 Å². The highest BCUT2D eigenvalue weighted by Gasteiger charge is 2.70. The summed E-state index contributed by atoms with van der Waals surface area (Å²) in [6.45, 7) is 30.5. The van der Waals surface area contributed by atoms with Crippen LogP contribution in [0.5, 0.6) is 0 Å². The molecule has 4 aliphatic rings. The van der Waals surface area contributed by atoms with Crippen molar-refractivity contribution in [3.8, 4) is 0 Å². The van der Waals surface area contributed by atoms with E-state index in [4.69, 9.17) is 36.6 Å². The third-order valence-electron chi connectivity index (χ3n) is 11.0. The second kappa shape index (κ2) is 14.7. The van der Waals surface area contributed by atoms with Crippen molar-refractivity contribution in [2.45, 2.75) is 149 Å². The molecular formula is C35H69N2O8PSi4. The Morgan fingerprint density at radius 2 is 1.46 bits per heavy atom. The van der Waals surface area contributed by atoms with Crippen LogP contribution in [0.25, 0.3) is 0 Å². The summed E-state index contributed by atoms with van der Waals surface area (Å²) in [6, 6.07) is 0. The number of hydrogen-bond donors (Lipinski definition) is 0. The predicted octanol–water partition coefficient (Wildman–Crippen LogP) is 10.2. The second-order valence-electron chi connectivity index (χ2n) is 19.5. The Balaban J connectivity index is 1.83. The molecule has 0 spiro atoms. The van der Waals surface area contributed by atoms with Crippen LogP contribution in [0.3, 0.4) is 0 Å². The molecule has 7 atom stereocenters. The van der Waals surface area contributed by atoms with Crippen LogP contribution in [0.2, 0.25) is 78.6 Å². The van der Waals surface area contributed by atoms with E-state index in [1.54, 1.807) is 14.2 Å². The Kier molecular flexibility index (Phi) is 12.4. The van der Waals surface area contributed by atoms with Gasteiger partial charge in [-0.2, -0.15) is 0 Å². The maximum Gasteiger partial charge on any atom is 0.455 e. The van der Waals surface area contributed by atoms with Crippen molar-refractivity contribution in [2.24, 2.45) is 38.9 Å². The lowest BCUT2D eigenvalue weighted by atomic mass is 9.45. The molecule has 0 radical (unpaired) electrons. The second-order valence-corrected chi connectivity index (χ2v) is 39.5. The first-order chi connectivity index (χ1) is 22.7. The highest BCUT2D eigenvalue weighted by molar-refractivity contribution is 7.52. The average Bonchev–Trinajstić information content (AvgIpc) is 3.19. The Labute approximate surface area is 307 Å². The average molecular weight is 789 g/mol. The molecule has 0 aliphatic heterocycles. The molecule has 15 heteroatoms. The molecule has 10 nitrogen and oxygen atoms in total. The zero-order chi connectivity index (χ0) is 37.8. The molecule has 0 aromatic heterocycles. The third-order valence-corrected chi connectivity index (χ3v) is 19.6. The fourth-order valence-electron chi connectivity index (χ4n) is 9.84. The zero-order valence-electron chi connectivity index (χ0n) is 34.2. The van der Waals surface area contributed by atoms with Crippen molar-refractivity contribution in [1.82, 2.24) is 0 Å². The Bertz CT molecular complexity index is 1360. The van der Waals surface area contributed by atoms with Gasteiger partial charge < -0.3 is 27.0 Å². The summed E-state index contributed by atoms with van der Waals surface area (Å²) in [5, 5.41) is 9.07. The lowest BCUT2D eigenvalue weighted by molar-refractivity contribution is -0.142. The monoisotopic (exact) mass is 788 g/mol. The van der Waals surface area contributed by atoms with Gasteiger partial charge in [0.15, 0.2) is 33.3 Å². The minimum atomic E-state index is -3.92. The molecule has 0 saturated heterocycles. The molecule has 0 N–H and O–H groups in total. The quantitative estimate of drug-likeness (QED) is 0.0741. The van der Waals surface area contributed by atoms with Crippen LogP contribution in [0.15, 0.2) is 22.0 Å². The zero-order valence-corrected chi connectivity index (χ0v) is 39.0. The number of rotatable bonds is 14. The van der Waals surface area contributed by atoms with Crippen molar-refractivity contribution >= 4 is 52.5 Å². The van der Waals surface area contributed by atoms with E-state index in [0.717, 1.165) is 50.7 Å². The van der Waals surface area contributed by atoms with E-state index in [1.165, 1.54) is 5.57 Å². The van der Waals surface area contributed by atoms with Gasteiger partial charge in [0.2, 0.25) is 0 Å². The molecule has 0 bridgehead atoms. The topological polar surface area (TPSA) is 106 Å². The molecule has 3 saturated carbocycles. The van der Waals surface area contributed by atoms with Gasteiger partial charge >= 0.3 is 7.82 Å². The molecule has 4 aliphatic carbocycles. The summed E-state index contributed by atoms with van der Waals surface area (Å²) in [7, 11) is -9.52. The third kappa shape index (κ3) is 9.26. The molecule has 7 unspecified atom stereocenters. The van der Waals surface area contributed by atoms with Crippen LogP contribution >= 0.6 is 7.82 Å². The fourth-order valence-corrected chi connectivity index (χ4v) is 19.0. The summed E-state index contributed by atoms with van der Waals surface area (Å²) in [4.78, 5) is 10.8. The summed E-state index contributed by atoms with van der Waals surface area (Å²) < 4.78 is 48.0. The fraction of sp³-hybridized carbons (Fsp3) is 0.886. The lowest BCUT2D eigenvalue weighted by Crippen LogP contribution is -2.65. The van der Waals surface area contributed by atoms with Crippen molar-refractivity contribution < 1.29 is 36.0 Å². The number of oxime groups is 2. The van der Waals surface area contributed by atoms with Gasteiger partial charge in [-0.05, 0) is 153 Å². The van der Waals surface area contributed by atoms with Crippen molar-refractivity contribution in [2.75, 3.05) is 20.8 Å². The summed E-state index contributed by atoms with van der Waals surface area (Å²) in [5.74, 6) is 1.21. The van der Waals surface area contributed by atoms with Gasteiger partial charge in [0.25, 0.3) is 0 Å².